The Morgan fingerprint density at radius 3 is 2.27 bits per heavy atom. The van der Waals surface area contributed by atoms with E-state index in [9.17, 15) is 9.59 Å². The summed E-state index contributed by atoms with van der Waals surface area (Å²) in [5.41, 5.74) is 0.146. The topological polar surface area (TPSA) is 61.8 Å². The third-order valence-corrected chi connectivity index (χ3v) is 3.15. The minimum absolute atomic E-state index is 0.143. The highest BCUT2D eigenvalue weighted by Gasteiger charge is 2.15. The zero-order valence-electron chi connectivity index (χ0n) is 14.2. The van der Waals surface area contributed by atoms with Crippen molar-refractivity contribution in [3.8, 4) is 0 Å². The van der Waals surface area contributed by atoms with E-state index in [0.717, 1.165) is 19.3 Å². The van der Waals surface area contributed by atoms with Crippen molar-refractivity contribution in [2.75, 3.05) is 33.5 Å². The van der Waals surface area contributed by atoms with E-state index < -0.39 is 5.97 Å². The van der Waals surface area contributed by atoms with E-state index in [4.69, 9.17) is 14.2 Å². The zero-order chi connectivity index (χ0) is 16.6. The predicted molar refractivity (Wildman–Crippen MR) is 85.8 cm³/mol. The number of unbranched alkanes of at least 4 members (excludes halogenated alkanes) is 5. The number of carbonyl (C=O) groups is 2. The number of methoxy groups -OCH3 is 1. The molecule has 0 bridgehead atoms. The van der Waals surface area contributed by atoms with Gasteiger partial charge in [0.15, 0.2) is 5.78 Å². The Labute approximate surface area is 134 Å². The summed E-state index contributed by atoms with van der Waals surface area (Å²) in [5.74, 6) is -0.810. The van der Waals surface area contributed by atoms with Crippen molar-refractivity contribution in [3.63, 3.8) is 0 Å². The van der Waals surface area contributed by atoms with Crippen molar-refractivity contribution in [1.82, 2.24) is 0 Å². The molecule has 0 radical (unpaired) electrons. The van der Waals surface area contributed by atoms with E-state index in [1.165, 1.54) is 26.2 Å². The smallest absolute Gasteiger partial charge is 0.341 e. The summed E-state index contributed by atoms with van der Waals surface area (Å²) in [7, 11) is 1.59. The van der Waals surface area contributed by atoms with Gasteiger partial charge in [0.25, 0.3) is 0 Å². The van der Waals surface area contributed by atoms with Crippen LogP contribution in [0, 0.1) is 0 Å². The molecular weight excluding hydrogens is 284 g/mol. The first-order chi connectivity index (χ1) is 10.6. The number of allylic oxidation sites excluding steroid dienone is 1. The van der Waals surface area contributed by atoms with E-state index in [0.29, 0.717) is 19.8 Å². The van der Waals surface area contributed by atoms with Gasteiger partial charge in [-0.05, 0) is 19.8 Å². The molecule has 0 saturated heterocycles. The second-order valence-corrected chi connectivity index (χ2v) is 5.12. The monoisotopic (exact) mass is 314 g/mol. The molecule has 0 heterocycles. The number of hydrogen-bond acceptors (Lipinski definition) is 5. The number of carbonyl (C=O) groups excluding carboxylic acids is 2. The average molecular weight is 314 g/mol. The summed E-state index contributed by atoms with van der Waals surface area (Å²) in [6.07, 6.45) is 8.17. The molecule has 22 heavy (non-hydrogen) atoms. The highest BCUT2D eigenvalue weighted by molar-refractivity contribution is 6.16. The highest BCUT2D eigenvalue weighted by atomic mass is 16.6. The van der Waals surface area contributed by atoms with Gasteiger partial charge in [-0.15, -0.1) is 0 Å². The predicted octanol–water partition coefficient (Wildman–Crippen LogP) is 3.07. The molecule has 0 aromatic rings. The average Bonchev–Trinajstić information content (AvgIpc) is 2.49. The van der Waals surface area contributed by atoms with Crippen LogP contribution in [0.25, 0.3) is 0 Å². The summed E-state index contributed by atoms with van der Waals surface area (Å²) >= 11 is 0. The van der Waals surface area contributed by atoms with Crippen molar-refractivity contribution in [1.29, 1.82) is 0 Å². The maximum Gasteiger partial charge on any atom is 0.341 e. The Balaban J connectivity index is 3.98. The molecule has 0 N–H and O–H groups in total. The fraction of sp³-hybridized carbons (Fsp3) is 0.765. The number of Topliss-reactive ketones (excluding diaryl/α,β-unsaturated/α-hetero) is 1. The first kappa shape index (κ1) is 20.8. The molecule has 0 aromatic heterocycles. The number of rotatable bonds is 14. The lowest BCUT2D eigenvalue weighted by Gasteiger charge is -2.07. The van der Waals surface area contributed by atoms with Gasteiger partial charge >= 0.3 is 5.97 Å². The van der Waals surface area contributed by atoms with E-state index >= 15 is 0 Å². The second kappa shape index (κ2) is 14.7. The third-order valence-electron chi connectivity index (χ3n) is 3.15. The molecule has 0 unspecified atom stereocenters. The molecule has 0 amide bonds. The van der Waals surface area contributed by atoms with E-state index in [1.807, 2.05) is 0 Å². The van der Waals surface area contributed by atoms with Gasteiger partial charge in [0.05, 0.1) is 25.4 Å². The van der Waals surface area contributed by atoms with Crippen LogP contribution in [-0.2, 0) is 23.8 Å². The maximum absolute atomic E-state index is 11.8. The van der Waals surface area contributed by atoms with Crippen LogP contribution in [-0.4, -0.2) is 45.3 Å². The number of ether oxygens (including phenoxy) is 3. The van der Waals surface area contributed by atoms with Crippen LogP contribution in [0.5, 0.6) is 0 Å². The van der Waals surface area contributed by atoms with E-state index in [1.54, 1.807) is 13.2 Å². The molecule has 0 aliphatic heterocycles. The van der Waals surface area contributed by atoms with E-state index in [-0.39, 0.29) is 18.0 Å². The van der Waals surface area contributed by atoms with Gasteiger partial charge < -0.3 is 14.2 Å². The van der Waals surface area contributed by atoms with Gasteiger partial charge in [-0.25, -0.2) is 4.79 Å². The molecule has 5 nitrogen and oxygen atoms in total. The third kappa shape index (κ3) is 11.5. The fourth-order valence-electron chi connectivity index (χ4n) is 1.88. The van der Waals surface area contributed by atoms with Gasteiger partial charge in [0, 0.05) is 7.11 Å². The molecule has 0 fully saturated rings. The van der Waals surface area contributed by atoms with Crippen molar-refractivity contribution < 1.29 is 23.8 Å². The van der Waals surface area contributed by atoms with Gasteiger partial charge in [-0.1, -0.05) is 38.7 Å². The molecular formula is C17H30O5. The normalized spacial score (nSPS) is 11.5. The molecule has 0 atom stereocenters. The Morgan fingerprint density at radius 1 is 0.955 bits per heavy atom. The standard InChI is InChI=1S/C17H30O5/c1-4-5-6-7-8-9-10-16(15(2)18)17(19)22-14-13-21-12-11-20-3/h10H,4-9,11-14H2,1-3H3. The molecule has 0 aliphatic carbocycles. The molecule has 0 spiro atoms. The minimum atomic E-state index is -0.559. The molecule has 0 aromatic carbocycles. The van der Waals surface area contributed by atoms with Gasteiger partial charge in [0.2, 0.25) is 0 Å². The summed E-state index contributed by atoms with van der Waals surface area (Å²) in [6.45, 7) is 4.97. The molecule has 128 valence electrons. The molecule has 5 heteroatoms. The summed E-state index contributed by atoms with van der Waals surface area (Å²) in [4.78, 5) is 23.4. The van der Waals surface area contributed by atoms with Gasteiger partial charge in [0.1, 0.15) is 6.61 Å². The van der Waals surface area contributed by atoms with Crippen LogP contribution in [0.3, 0.4) is 0 Å². The maximum atomic E-state index is 11.8. The van der Waals surface area contributed by atoms with Crippen LogP contribution in [0.2, 0.25) is 0 Å². The summed E-state index contributed by atoms with van der Waals surface area (Å²) in [5, 5.41) is 0. The molecule has 0 rings (SSSR count). The van der Waals surface area contributed by atoms with Crippen molar-refractivity contribution in [2.45, 2.75) is 52.4 Å². The summed E-state index contributed by atoms with van der Waals surface area (Å²) in [6, 6.07) is 0. The quantitative estimate of drug-likeness (QED) is 0.162. The van der Waals surface area contributed by atoms with Crippen LogP contribution in [0.1, 0.15) is 52.4 Å². The summed E-state index contributed by atoms with van der Waals surface area (Å²) < 4.78 is 15.1. The van der Waals surface area contributed by atoms with Crippen LogP contribution >= 0.6 is 0 Å². The van der Waals surface area contributed by atoms with Crippen molar-refractivity contribution in [2.24, 2.45) is 0 Å². The number of ketones is 1. The SMILES string of the molecule is CCCCCCCC=C(C(C)=O)C(=O)OCCOCCOC. The Hall–Kier alpha value is -1.20. The Morgan fingerprint density at radius 2 is 1.64 bits per heavy atom. The number of esters is 1. The first-order valence-corrected chi connectivity index (χ1v) is 8.08. The highest BCUT2D eigenvalue weighted by Crippen LogP contribution is 2.09. The second-order valence-electron chi connectivity index (χ2n) is 5.12. The Bertz CT molecular complexity index is 336. The fourth-order valence-corrected chi connectivity index (χ4v) is 1.88. The van der Waals surface area contributed by atoms with Crippen LogP contribution in [0.15, 0.2) is 11.6 Å². The lowest BCUT2D eigenvalue weighted by molar-refractivity contribution is -0.141. The zero-order valence-corrected chi connectivity index (χ0v) is 14.2. The molecule has 0 saturated carbocycles. The van der Waals surface area contributed by atoms with E-state index in [2.05, 4.69) is 6.92 Å². The lowest BCUT2D eigenvalue weighted by atomic mass is 10.1. The van der Waals surface area contributed by atoms with Crippen molar-refractivity contribution in [3.05, 3.63) is 11.6 Å². The number of hydrogen-bond donors (Lipinski definition) is 0. The van der Waals surface area contributed by atoms with Crippen molar-refractivity contribution >= 4 is 11.8 Å². The first-order valence-electron chi connectivity index (χ1n) is 8.08. The lowest BCUT2D eigenvalue weighted by Crippen LogP contribution is -2.17. The Kier molecular flexibility index (Phi) is 13.9. The molecule has 0 aliphatic rings. The van der Waals surface area contributed by atoms with Gasteiger partial charge in [-0.2, -0.15) is 0 Å². The minimum Gasteiger partial charge on any atom is -0.460 e. The van der Waals surface area contributed by atoms with Crippen LogP contribution in [0.4, 0.5) is 0 Å². The van der Waals surface area contributed by atoms with Gasteiger partial charge in [-0.3, -0.25) is 4.79 Å². The largest absolute Gasteiger partial charge is 0.460 e. The van der Waals surface area contributed by atoms with Crippen LogP contribution < -0.4 is 0 Å².